The minimum absolute atomic E-state index is 0.256. The molecule has 0 spiro atoms. The molecular formula is C10H15N5S. The van der Waals surface area contributed by atoms with Gasteiger partial charge in [-0.3, -0.25) is 0 Å². The first-order valence-corrected chi connectivity index (χ1v) is 6.05. The average molecular weight is 237 g/mol. The van der Waals surface area contributed by atoms with Gasteiger partial charge < -0.3 is 9.88 Å². The third-order valence-electron chi connectivity index (χ3n) is 2.48. The fourth-order valence-electron chi connectivity index (χ4n) is 1.62. The molecule has 1 unspecified atom stereocenters. The van der Waals surface area contributed by atoms with Crippen LogP contribution in [-0.2, 0) is 13.5 Å². The Morgan fingerprint density at radius 1 is 1.56 bits per heavy atom. The molecule has 5 nitrogen and oxygen atoms in total. The van der Waals surface area contributed by atoms with Gasteiger partial charge in [-0.15, -0.1) is 5.10 Å². The second kappa shape index (κ2) is 5.18. The summed E-state index contributed by atoms with van der Waals surface area (Å²) in [6.07, 6.45) is 6.47. The Morgan fingerprint density at radius 3 is 3.00 bits per heavy atom. The Bertz CT molecular complexity index is 422. The third-order valence-corrected chi connectivity index (χ3v) is 3.26. The summed E-state index contributed by atoms with van der Waals surface area (Å²) in [6.45, 7) is 3.02. The molecule has 6 heteroatoms. The van der Waals surface area contributed by atoms with E-state index in [1.54, 1.807) is 0 Å². The van der Waals surface area contributed by atoms with E-state index in [4.69, 9.17) is 0 Å². The molecule has 2 aromatic heterocycles. The van der Waals surface area contributed by atoms with E-state index < -0.39 is 0 Å². The summed E-state index contributed by atoms with van der Waals surface area (Å²) in [7, 11) is 2.01. The first kappa shape index (κ1) is 11.2. The van der Waals surface area contributed by atoms with Crippen molar-refractivity contribution in [3.05, 3.63) is 29.3 Å². The lowest BCUT2D eigenvalue weighted by atomic mass is 10.1. The van der Waals surface area contributed by atoms with Crippen molar-refractivity contribution in [3.63, 3.8) is 0 Å². The van der Waals surface area contributed by atoms with E-state index >= 15 is 0 Å². The molecule has 0 aliphatic carbocycles. The van der Waals surface area contributed by atoms with Crippen LogP contribution in [0.3, 0.4) is 0 Å². The smallest absolute Gasteiger partial charge is 0.110 e. The van der Waals surface area contributed by atoms with Crippen molar-refractivity contribution in [2.75, 3.05) is 6.54 Å². The van der Waals surface area contributed by atoms with Crippen molar-refractivity contribution < 1.29 is 0 Å². The van der Waals surface area contributed by atoms with Crippen LogP contribution in [0.25, 0.3) is 0 Å². The third kappa shape index (κ3) is 2.45. The van der Waals surface area contributed by atoms with Crippen molar-refractivity contribution in [1.29, 1.82) is 0 Å². The van der Waals surface area contributed by atoms with E-state index in [-0.39, 0.29) is 6.04 Å². The van der Waals surface area contributed by atoms with Gasteiger partial charge in [0.2, 0.25) is 0 Å². The maximum Gasteiger partial charge on any atom is 0.110 e. The predicted molar refractivity (Wildman–Crippen MR) is 63.2 cm³/mol. The molecule has 0 amide bonds. The normalized spacial score (nSPS) is 12.9. The first-order chi connectivity index (χ1) is 7.81. The average Bonchev–Trinajstić information content (AvgIpc) is 2.90. The van der Waals surface area contributed by atoms with E-state index in [0.717, 1.165) is 23.7 Å². The summed E-state index contributed by atoms with van der Waals surface area (Å²) in [4.78, 5) is 5.49. The number of aromatic nitrogens is 4. The minimum Gasteiger partial charge on any atom is -0.338 e. The summed E-state index contributed by atoms with van der Waals surface area (Å²) in [5.74, 6) is 1.07. The van der Waals surface area contributed by atoms with E-state index in [1.165, 1.54) is 11.5 Å². The zero-order valence-electron chi connectivity index (χ0n) is 9.42. The van der Waals surface area contributed by atoms with E-state index in [2.05, 4.69) is 26.8 Å². The Labute approximate surface area is 98.7 Å². The molecule has 86 valence electrons. The number of nitrogens with zero attached hydrogens (tertiary/aromatic N) is 4. The lowest BCUT2D eigenvalue weighted by Crippen LogP contribution is -2.23. The van der Waals surface area contributed by atoms with Gasteiger partial charge in [0.15, 0.2) is 0 Å². The SMILES string of the molecule is CCNC(Cc1nccn1C)c1cnns1. The molecule has 0 saturated heterocycles. The molecule has 0 aliphatic heterocycles. The molecule has 0 bridgehead atoms. The zero-order chi connectivity index (χ0) is 11.4. The molecule has 2 heterocycles. The molecule has 2 aromatic rings. The summed E-state index contributed by atoms with van der Waals surface area (Å²) in [5.41, 5.74) is 0. The number of hydrogen-bond donors (Lipinski definition) is 1. The van der Waals surface area contributed by atoms with E-state index in [1.807, 2.05) is 30.2 Å². The molecule has 0 aromatic carbocycles. The quantitative estimate of drug-likeness (QED) is 0.848. The molecule has 1 atom stereocenters. The standard InChI is InChI=1S/C10H15N5S/c1-3-11-8(9-7-13-14-16-9)6-10-12-4-5-15(10)2/h4-5,7-8,11H,3,6H2,1-2H3. The Kier molecular flexibility index (Phi) is 3.63. The fourth-order valence-corrected chi connectivity index (χ4v) is 2.20. The fraction of sp³-hybridized carbons (Fsp3) is 0.500. The van der Waals surface area contributed by atoms with Gasteiger partial charge in [-0.25, -0.2) is 4.98 Å². The summed E-state index contributed by atoms with van der Waals surface area (Å²) >= 11 is 1.44. The van der Waals surface area contributed by atoms with Crippen LogP contribution in [0, 0.1) is 0 Å². The van der Waals surface area contributed by atoms with Crippen LogP contribution >= 0.6 is 11.5 Å². The van der Waals surface area contributed by atoms with Crippen LogP contribution < -0.4 is 5.32 Å². The lowest BCUT2D eigenvalue weighted by Gasteiger charge is -2.14. The highest BCUT2D eigenvalue weighted by molar-refractivity contribution is 7.05. The number of nitrogens with one attached hydrogen (secondary N) is 1. The largest absolute Gasteiger partial charge is 0.338 e. The second-order valence-electron chi connectivity index (χ2n) is 3.59. The van der Waals surface area contributed by atoms with E-state index in [0.29, 0.717) is 0 Å². The van der Waals surface area contributed by atoms with Crippen LogP contribution in [0.15, 0.2) is 18.6 Å². The van der Waals surface area contributed by atoms with Gasteiger partial charge in [0.25, 0.3) is 0 Å². The van der Waals surface area contributed by atoms with Crippen LogP contribution in [0.5, 0.6) is 0 Å². The summed E-state index contributed by atoms with van der Waals surface area (Å²) in [5, 5.41) is 7.31. The highest BCUT2D eigenvalue weighted by Crippen LogP contribution is 2.19. The second-order valence-corrected chi connectivity index (χ2v) is 4.41. The molecule has 0 fully saturated rings. The van der Waals surface area contributed by atoms with Crippen LogP contribution in [0.4, 0.5) is 0 Å². The Balaban J connectivity index is 2.12. The van der Waals surface area contributed by atoms with Crippen molar-refractivity contribution in [3.8, 4) is 0 Å². The zero-order valence-corrected chi connectivity index (χ0v) is 10.2. The monoisotopic (exact) mass is 237 g/mol. The van der Waals surface area contributed by atoms with Gasteiger partial charge in [-0.05, 0) is 18.1 Å². The van der Waals surface area contributed by atoms with Gasteiger partial charge in [-0.2, -0.15) is 0 Å². The highest BCUT2D eigenvalue weighted by Gasteiger charge is 2.15. The molecule has 0 radical (unpaired) electrons. The van der Waals surface area contributed by atoms with Gasteiger partial charge >= 0.3 is 0 Å². The van der Waals surface area contributed by atoms with Gasteiger partial charge in [0.05, 0.1) is 17.1 Å². The van der Waals surface area contributed by atoms with Gasteiger partial charge in [0.1, 0.15) is 5.82 Å². The number of aryl methyl sites for hydroxylation is 1. The molecule has 0 aliphatic rings. The number of likely N-dealkylation sites (N-methyl/N-ethyl adjacent to an activating group) is 1. The maximum absolute atomic E-state index is 4.33. The first-order valence-electron chi connectivity index (χ1n) is 5.28. The van der Waals surface area contributed by atoms with Crippen LogP contribution in [0.1, 0.15) is 23.7 Å². The van der Waals surface area contributed by atoms with Crippen LogP contribution in [-0.4, -0.2) is 25.7 Å². The highest BCUT2D eigenvalue weighted by atomic mass is 32.1. The number of rotatable bonds is 5. The Hall–Kier alpha value is -1.27. The topological polar surface area (TPSA) is 55.6 Å². The maximum atomic E-state index is 4.33. The van der Waals surface area contributed by atoms with Crippen LogP contribution in [0.2, 0.25) is 0 Å². The lowest BCUT2D eigenvalue weighted by molar-refractivity contribution is 0.536. The molecule has 0 saturated carbocycles. The molecule has 2 rings (SSSR count). The summed E-state index contributed by atoms with van der Waals surface area (Å²) < 4.78 is 5.94. The molecule has 16 heavy (non-hydrogen) atoms. The Morgan fingerprint density at radius 2 is 2.44 bits per heavy atom. The van der Waals surface area contributed by atoms with Gasteiger partial charge in [-0.1, -0.05) is 11.4 Å². The van der Waals surface area contributed by atoms with Crippen molar-refractivity contribution in [2.45, 2.75) is 19.4 Å². The van der Waals surface area contributed by atoms with Crippen molar-refractivity contribution in [1.82, 2.24) is 24.5 Å². The van der Waals surface area contributed by atoms with E-state index in [9.17, 15) is 0 Å². The van der Waals surface area contributed by atoms with Gasteiger partial charge in [0, 0.05) is 25.9 Å². The molecule has 1 N–H and O–H groups in total. The van der Waals surface area contributed by atoms with Crippen molar-refractivity contribution in [2.24, 2.45) is 7.05 Å². The minimum atomic E-state index is 0.256. The number of hydrogen-bond acceptors (Lipinski definition) is 5. The summed E-state index contributed by atoms with van der Waals surface area (Å²) in [6, 6.07) is 0.256. The molecular weight excluding hydrogens is 222 g/mol. The number of imidazole rings is 1. The predicted octanol–water partition coefficient (Wildman–Crippen LogP) is 1.16. The van der Waals surface area contributed by atoms with Crippen molar-refractivity contribution >= 4 is 11.5 Å².